The number of carbonyl (C=O) groups excluding carboxylic acids is 1. The first-order valence-corrected chi connectivity index (χ1v) is 5.99. The Morgan fingerprint density at radius 1 is 1.38 bits per heavy atom. The number of hydrogen-bond acceptors (Lipinski definition) is 4. The molecule has 2 aliphatic rings. The third-order valence-corrected chi connectivity index (χ3v) is 3.53. The molecule has 2 aliphatic heterocycles. The fraction of sp³-hybridized carbons (Fsp3) is 0.909. The second-order valence-corrected chi connectivity index (χ2v) is 4.89. The lowest BCUT2D eigenvalue weighted by atomic mass is 10.0. The van der Waals surface area contributed by atoms with Crippen LogP contribution < -0.4 is 11.1 Å². The molecule has 2 heterocycles. The molecule has 0 spiro atoms. The highest BCUT2D eigenvalue weighted by atomic mass is 16.5. The molecule has 5 heteroatoms. The number of amides is 1. The maximum Gasteiger partial charge on any atom is 0.227 e. The SMILES string of the molecule is CN1CCC(NC(=O)C2COCC2N)CC1. The molecule has 5 nitrogen and oxygen atoms in total. The van der Waals surface area contributed by atoms with Gasteiger partial charge in [0.05, 0.1) is 19.1 Å². The van der Waals surface area contributed by atoms with Crippen molar-refractivity contribution in [2.45, 2.75) is 24.9 Å². The Bertz CT molecular complexity index is 252. The molecule has 2 unspecified atom stereocenters. The first-order valence-electron chi connectivity index (χ1n) is 5.99. The molecular weight excluding hydrogens is 206 g/mol. The van der Waals surface area contributed by atoms with Crippen LogP contribution in [0.3, 0.4) is 0 Å². The van der Waals surface area contributed by atoms with Crippen LogP contribution in [-0.2, 0) is 9.53 Å². The maximum absolute atomic E-state index is 11.9. The number of nitrogens with one attached hydrogen (secondary N) is 1. The minimum absolute atomic E-state index is 0.0690. The Labute approximate surface area is 96.3 Å². The molecule has 0 saturated carbocycles. The van der Waals surface area contributed by atoms with Gasteiger partial charge < -0.3 is 20.7 Å². The van der Waals surface area contributed by atoms with Crippen molar-refractivity contribution in [1.29, 1.82) is 0 Å². The van der Waals surface area contributed by atoms with Gasteiger partial charge in [-0.3, -0.25) is 4.79 Å². The van der Waals surface area contributed by atoms with Crippen LogP contribution >= 0.6 is 0 Å². The fourth-order valence-electron chi connectivity index (χ4n) is 2.30. The molecule has 0 aliphatic carbocycles. The molecule has 92 valence electrons. The minimum atomic E-state index is -0.153. The van der Waals surface area contributed by atoms with E-state index in [0.29, 0.717) is 19.3 Å². The number of ether oxygens (including phenoxy) is 1. The topological polar surface area (TPSA) is 67.6 Å². The maximum atomic E-state index is 11.9. The van der Waals surface area contributed by atoms with Crippen molar-refractivity contribution >= 4 is 5.91 Å². The predicted octanol–water partition coefficient (Wildman–Crippen LogP) is -0.829. The first kappa shape index (κ1) is 11.8. The van der Waals surface area contributed by atoms with Crippen LogP contribution in [-0.4, -0.2) is 56.2 Å². The molecule has 0 bridgehead atoms. The highest BCUT2D eigenvalue weighted by Crippen LogP contribution is 2.14. The lowest BCUT2D eigenvalue weighted by molar-refractivity contribution is -0.126. The van der Waals surface area contributed by atoms with Crippen molar-refractivity contribution in [3.05, 3.63) is 0 Å². The molecule has 2 rings (SSSR count). The van der Waals surface area contributed by atoms with Crippen molar-refractivity contribution in [2.75, 3.05) is 33.4 Å². The van der Waals surface area contributed by atoms with Gasteiger partial charge in [-0.05, 0) is 33.0 Å². The van der Waals surface area contributed by atoms with E-state index in [9.17, 15) is 4.79 Å². The first-order chi connectivity index (χ1) is 7.66. The minimum Gasteiger partial charge on any atom is -0.379 e. The summed E-state index contributed by atoms with van der Waals surface area (Å²) in [6.07, 6.45) is 2.07. The van der Waals surface area contributed by atoms with Crippen molar-refractivity contribution < 1.29 is 9.53 Å². The van der Waals surface area contributed by atoms with Crippen LogP contribution in [0.2, 0.25) is 0 Å². The quantitative estimate of drug-likeness (QED) is 0.646. The summed E-state index contributed by atoms with van der Waals surface area (Å²) in [6, 6.07) is 0.183. The summed E-state index contributed by atoms with van der Waals surface area (Å²) in [4.78, 5) is 14.2. The average Bonchev–Trinajstić information content (AvgIpc) is 2.68. The predicted molar refractivity (Wildman–Crippen MR) is 60.9 cm³/mol. The summed E-state index contributed by atoms with van der Waals surface area (Å²) in [7, 11) is 2.11. The molecule has 2 atom stereocenters. The molecule has 0 aromatic carbocycles. The van der Waals surface area contributed by atoms with Gasteiger partial charge in [0, 0.05) is 12.1 Å². The number of hydrogen-bond donors (Lipinski definition) is 2. The van der Waals surface area contributed by atoms with Gasteiger partial charge in [0.2, 0.25) is 5.91 Å². The van der Waals surface area contributed by atoms with E-state index < -0.39 is 0 Å². The van der Waals surface area contributed by atoms with Gasteiger partial charge in [-0.2, -0.15) is 0 Å². The molecule has 16 heavy (non-hydrogen) atoms. The Hall–Kier alpha value is -0.650. The molecule has 0 aromatic rings. The third kappa shape index (κ3) is 2.72. The molecule has 2 fully saturated rings. The van der Waals surface area contributed by atoms with Crippen molar-refractivity contribution in [3.63, 3.8) is 0 Å². The summed E-state index contributed by atoms with van der Waals surface area (Å²) in [5.74, 6) is -0.0841. The summed E-state index contributed by atoms with van der Waals surface area (Å²) in [5, 5.41) is 3.09. The van der Waals surface area contributed by atoms with Crippen LogP contribution in [0.4, 0.5) is 0 Å². The van der Waals surface area contributed by atoms with E-state index in [4.69, 9.17) is 10.5 Å². The zero-order chi connectivity index (χ0) is 11.5. The number of nitrogens with two attached hydrogens (primary N) is 1. The molecule has 0 aromatic heterocycles. The molecule has 3 N–H and O–H groups in total. The zero-order valence-corrected chi connectivity index (χ0v) is 9.82. The highest BCUT2D eigenvalue weighted by molar-refractivity contribution is 5.80. The summed E-state index contributed by atoms with van der Waals surface area (Å²) in [5.41, 5.74) is 5.81. The van der Waals surface area contributed by atoms with Crippen LogP contribution in [0.1, 0.15) is 12.8 Å². The standard InChI is InChI=1S/C11H21N3O2/c1-14-4-2-8(3-5-14)13-11(15)9-6-16-7-10(9)12/h8-10H,2-7,12H2,1H3,(H,13,15). The summed E-state index contributed by atoms with van der Waals surface area (Å²) < 4.78 is 5.20. The number of rotatable bonds is 2. The molecule has 2 saturated heterocycles. The van der Waals surface area contributed by atoms with E-state index in [1.165, 1.54) is 0 Å². The Balaban J connectivity index is 1.78. The van der Waals surface area contributed by atoms with Gasteiger partial charge in [-0.25, -0.2) is 0 Å². The van der Waals surface area contributed by atoms with E-state index >= 15 is 0 Å². The van der Waals surface area contributed by atoms with E-state index in [-0.39, 0.29) is 17.9 Å². The smallest absolute Gasteiger partial charge is 0.227 e. The number of nitrogens with zero attached hydrogens (tertiary/aromatic N) is 1. The van der Waals surface area contributed by atoms with Gasteiger partial charge in [0.1, 0.15) is 0 Å². The summed E-state index contributed by atoms with van der Waals surface area (Å²) >= 11 is 0. The van der Waals surface area contributed by atoms with E-state index in [1.807, 2.05) is 0 Å². The van der Waals surface area contributed by atoms with Crippen LogP contribution in [0.25, 0.3) is 0 Å². The fourth-order valence-corrected chi connectivity index (χ4v) is 2.30. The van der Waals surface area contributed by atoms with Gasteiger partial charge in [-0.1, -0.05) is 0 Å². The summed E-state index contributed by atoms with van der Waals surface area (Å²) in [6.45, 7) is 3.08. The molecule has 1 amide bonds. The molecular formula is C11H21N3O2. The monoisotopic (exact) mass is 227 g/mol. The molecule has 0 radical (unpaired) electrons. The van der Waals surface area contributed by atoms with Crippen molar-refractivity contribution in [1.82, 2.24) is 10.2 Å². The van der Waals surface area contributed by atoms with E-state index in [0.717, 1.165) is 25.9 Å². The van der Waals surface area contributed by atoms with Crippen molar-refractivity contribution in [3.8, 4) is 0 Å². The zero-order valence-electron chi connectivity index (χ0n) is 9.82. The Kier molecular flexibility index (Phi) is 3.78. The Morgan fingerprint density at radius 3 is 2.62 bits per heavy atom. The van der Waals surface area contributed by atoms with Crippen LogP contribution in [0.15, 0.2) is 0 Å². The third-order valence-electron chi connectivity index (χ3n) is 3.53. The second kappa shape index (κ2) is 5.12. The van der Waals surface area contributed by atoms with Gasteiger partial charge in [0.15, 0.2) is 0 Å². The number of piperidine rings is 1. The van der Waals surface area contributed by atoms with Crippen LogP contribution in [0, 0.1) is 5.92 Å². The lowest BCUT2D eigenvalue weighted by Crippen LogP contribution is -2.48. The number of carbonyl (C=O) groups is 1. The highest BCUT2D eigenvalue weighted by Gasteiger charge is 2.32. The largest absolute Gasteiger partial charge is 0.379 e. The average molecular weight is 227 g/mol. The van der Waals surface area contributed by atoms with Gasteiger partial charge in [-0.15, -0.1) is 0 Å². The van der Waals surface area contributed by atoms with Crippen LogP contribution in [0.5, 0.6) is 0 Å². The lowest BCUT2D eigenvalue weighted by Gasteiger charge is -2.30. The number of likely N-dealkylation sites (tertiary alicyclic amines) is 1. The van der Waals surface area contributed by atoms with Gasteiger partial charge in [0.25, 0.3) is 0 Å². The second-order valence-electron chi connectivity index (χ2n) is 4.89. The normalized spacial score (nSPS) is 32.9. The van der Waals surface area contributed by atoms with E-state index in [1.54, 1.807) is 0 Å². The van der Waals surface area contributed by atoms with Crippen molar-refractivity contribution in [2.24, 2.45) is 11.7 Å². The van der Waals surface area contributed by atoms with Gasteiger partial charge >= 0.3 is 0 Å². The Morgan fingerprint density at radius 2 is 2.06 bits per heavy atom. The van der Waals surface area contributed by atoms with E-state index in [2.05, 4.69) is 17.3 Å².